The molecule has 2 N–H and O–H groups in total. The lowest BCUT2D eigenvalue weighted by atomic mass is 10.1. The Balaban J connectivity index is 1.60. The fraction of sp³-hybridized carbons (Fsp3) is 0.118. The molecule has 3 rings (SSSR count). The minimum absolute atomic E-state index is 0.142. The van der Waals surface area contributed by atoms with E-state index in [0.29, 0.717) is 5.69 Å². The Morgan fingerprint density at radius 1 is 1.19 bits per heavy atom. The predicted octanol–water partition coefficient (Wildman–Crippen LogP) is 1.53. The number of benzene rings is 1. The highest BCUT2D eigenvalue weighted by molar-refractivity contribution is 5.95. The maximum Gasteiger partial charge on any atom is 0.294 e. The van der Waals surface area contributed by atoms with Gasteiger partial charge in [-0.2, -0.15) is 0 Å². The number of imidazole rings is 1. The number of carbonyl (C=O) groups is 2. The molecule has 2 heterocycles. The van der Waals surface area contributed by atoms with E-state index in [2.05, 4.69) is 15.6 Å². The smallest absolute Gasteiger partial charge is 0.294 e. The molecule has 0 fully saturated rings. The third kappa shape index (κ3) is 4.18. The molecule has 138 valence electrons. The van der Waals surface area contributed by atoms with Crippen molar-refractivity contribution in [3.05, 3.63) is 76.8 Å². The second kappa shape index (κ2) is 7.95. The van der Waals surface area contributed by atoms with Crippen LogP contribution in [0.5, 0.6) is 0 Å². The van der Waals surface area contributed by atoms with Gasteiger partial charge in [0, 0.05) is 37.1 Å². The Hall–Kier alpha value is -3.95. The van der Waals surface area contributed by atoms with Gasteiger partial charge >= 0.3 is 0 Å². The van der Waals surface area contributed by atoms with Crippen LogP contribution in [0.25, 0.3) is 5.69 Å². The van der Waals surface area contributed by atoms with E-state index in [4.69, 9.17) is 4.42 Å². The van der Waals surface area contributed by atoms with Gasteiger partial charge in [-0.15, -0.1) is 0 Å². The molecule has 0 spiro atoms. The number of hydrogen-bond acceptors (Lipinski definition) is 6. The van der Waals surface area contributed by atoms with Gasteiger partial charge in [0.25, 0.3) is 17.5 Å². The first-order valence-electron chi connectivity index (χ1n) is 7.93. The summed E-state index contributed by atoms with van der Waals surface area (Å²) in [5.41, 5.74) is 0.231. The van der Waals surface area contributed by atoms with E-state index in [-0.39, 0.29) is 30.1 Å². The average Bonchev–Trinajstić information content (AvgIpc) is 3.38. The van der Waals surface area contributed by atoms with Gasteiger partial charge in [0.05, 0.1) is 17.5 Å². The van der Waals surface area contributed by atoms with Gasteiger partial charge in [-0.3, -0.25) is 19.7 Å². The van der Waals surface area contributed by atoms with Crippen molar-refractivity contribution >= 4 is 17.5 Å². The van der Waals surface area contributed by atoms with Gasteiger partial charge in [-0.1, -0.05) is 0 Å². The predicted molar refractivity (Wildman–Crippen MR) is 93.6 cm³/mol. The Morgan fingerprint density at radius 3 is 2.59 bits per heavy atom. The van der Waals surface area contributed by atoms with Crippen LogP contribution >= 0.6 is 0 Å². The van der Waals surface area contributed by atoms with E-state index in [9.17, 15) is 19.7 Å². The molecular formula is C17H15N5O5. The van der Waals surface area contributed by atoms with Crippen LogP contribution in [-0.2, 0) is 0 Å². The fourth-order valence-corrected chi connectivity index (χ4v) is 2.38. The van der Waals surface area contributed by atoms with Gasteiger partial charge in [-0.05, 0) is 24.3 Å². The van der Waals surface area contributed by atoms with Gasteiger partial charge in [0.2, 0.25) is 0 Å². The SMILES string of the molecule is O=C(NCCNC(=O)c1ccco1)c1ccc(-n2ccnc2)c([N+](=O)[O-])c1. The van der Waals surface area contributed by atoms with E-state index in [1.807, 2.05) is 0 Å². The van der Waals surface area contributed by atoms with E-state index < -0.39 is 16.7 Å². The van der Waals surface area contributed by atoms with E-state index >= 15 is 0 Å². The van der Waals surface area contributed by atoms with Crippen LogP contribution in [0.4, 0.5) is 5.69 Å². The summed E-state index contributed by atoms with van der Waals surface area (Å²) in [6, 6.07) is 7.28. The van der Waals surface area contributed by atoms with Crippen molar-refractivity contribution in [2.45, 2.75) is 0 Å². The van der Waals surface area contributed by atoms with Crippen molar-refractivity contribution in [1.82, 2.24) is 20.2 Å². The van der Waals surface area contributed by atoms with Crippen molar-refractivity contribution < 1.29 is 18.9 Å². The standard InChI is InChI=1S/C17H15N5O5/c23-16(19-5-6-20-17(24)15-2-1-9-27-15)12-3-4-13(14(10-12)22(25)26)21-8-7-18-11-21/h1-4,7-11H,5-6H2,(H,19,23)(H,20,24). The lowest BCUT2D eigenvalue weighted by Gasteiger charge is -2.08. The monoisotopic (exact) mass is 369 g/mol. The highest BCUT2D eigenvalue weighted by atomic mass is 16.6. The van der Waals surface area contributed by atoms with Crippen LogP contribution in [-0.4, -0.2) is 39.4 Å². The lowest BCUT2D eigenvalue weighted by Crippen LogP contribution is -2.34. The Labute approximate surface area is 153 Å². The minimum Gasteiger partial charge on any atom is -0.459 e. The molecule has 0 saturated carbocycles. The first-order valence-corrected chi connectivity index (χ1v) is 7.93. The molecule has 3 aromatic rings. The van der Waals surface area contributed by atoms with Crippen LogP contribution in [0, 0.1) is 10.1 Å². The molecule has 10 nitrogen and oxygen atoms in total. The topological polar surface area (TPSA) is 132 Å². The number of furan rings is 1. The highest BCUT2D eigenvalue weighted by Crippen LogP contribution is 2.24. The summed E-state index contributed by atoms with van der Waals surface area (Å²) >= 11 is 0. The number of nitro groups is 1. The molecule has 27 heavy (non-hydrogen) atoms. The van der Waals surface area contributed by atoms with Crippen LogP contribution in [0.15, 0.2) is 59.7 Å². The van der Waals surface area contributed by atoms with E-state index in [0.717, 1.165) is 0 Å². The van der Waals surface area contributed by atoms with Crippen molar-refractivity contribution in [2.24, 2.45) is 0 Å². The Kier molecular flexibility index (Phi) is 5.26. The molecule has 10 heteroatoms. The Bertz CT molecular complexity index is 950. The van der Waals surface area contributed by atoms with E-state index in [1.165, 1.54) is 47.6 Å². The zero-order chi connectivity index (χ0) is 19.2. The quantitative estimate of drug-likeness (QED) is 0.369. The number of nitrogens with one attached hydrogen (secondary N) is 2. The second-order valence-corrected chi connectivity index (χ2v) is 5.42. The molecular weight excluding hydrogens is 354 g/mol. The summed E-state index contributed by atoms with van der Waals surface area (Å²) in [5, 5.41) is 16.5. The molecule has 0 aliphatic rings. The zero-order valence-corrected chi connectivity index (χ0v) is 14.0. The van der Waals surface area contributed by atoms with Crippen molar-refractivity contribution in [3.63, 3.8) is 0 Å². The highest BCUT2D eigenvalue weighted by Gasteiger charge is 2.18. The van der Waals surface area contributed by atoms with Crippen molar-refractivity contribution in [1.29, 1.82) is 0 Å². The van der Waals surface area contributed by atoms with Gasteiger partial charge < -0.3 is 19.6 Å². The second-order valence-electron chi connectivity index (χ2n) is 5.42. The normalized spacial score (nSPS) is 10.4. The molecule has 0 bridgehead atoms. The average molecular weight is 369 g/mol. The van der Waals surface area contributed by atoms with Crippen molar-refractivity contribution in [2.75, 3.05) is 13.1 Å². The van der Waals surface area contributed by atoms with Crippen LogP contribution in [0.3, 0.4) is 0 Å². The third-order valence-electron chi connectivity index (χ3n) is 3.66. The minimum atomic E-state index is -0.560. The van der Waals surface area contributed by atoms with Crippen LogP contribution in [0.1, 0.15) is 20.9 Å². The molecule has 0 aliphatic carbocycles. The summed E-state index contributed by atoms with van der Waals surface area (Å²) in [6.07, 6.45) is 5.89. The summed E-state index contributed by atoms with van der Waals surface area (Å²) in [7, 11) is 0. The van der Waals surface area contributed by atoms with Crippen LogP contribution in [0.2, 0.25) is 0 Å². The molecule has 0 unspecified atom stereocenters. The third-order valence-corrected chi connectivity index (χ3v) is 3.66. The number of nitrogens with zero attached hydrogens (tertiary/aromatic N) is 3. The molecule has 1 aromatic carbocycles. The molecule has 0 radical (unpaired) electrons. The molecule has 0 aliphatic heterocycles. The van der Waals surface area contributed by atoms with E-state index in [1.54, 1.807) is 12.3 Å². The largest absolute Gasteiger partial charge is 0.459 e. The fourth-order valence-electron chi connectivity index (χ4n) is 2.38. The maximum absolute atomic E-state index is 12.2. The lowest BCUT2D eigenvalue weighted by molar-refractivity contribution is -0.384. The molecule has 2 aromatic heterocycles. The summed E-state index contributed by atoms with van der Waals surface area (Å²) in [4.78, 5) is 38.5. The molecule has 2 amide bonds. The first kappa shape index (κ1) is 17.9. The molecule has 0 atom stereocenters. The summed E-state index contributed by atoms with van der Waals surface area (Å²) in [5.74, 6) is -0.704. The van der Waals surface area contributed by atoms with Crippen molar-refractivity contribution in [3.8, 4) is 5.69 Å². The number of aromatic nitrogens is 2. The number of hydrogen-bond donors (Lipinski definition) is 2. The van der Waals surface area contributed by atoms with Gasteiger partial charge in [0.1, 0.15) is 5.69 Å². The summed E-state index contributed by atoms with van der Waals surface area (Å²) < 4.78 is 6.44. The molecule has 0 saturated heterocycles. The van der Waals surface area contributed by atoms with Crippen LogP contribution < -0.4 is 10.6 Å². The maximum atomic E-state index is 12.2. The first-order chi connectivity index (χ1) is 13.1. The zero-order valence-electron chi connectivity index (χ0n) is 14.0. The Morgan fingerprint density at radius 2 is 1.96 bits per heavy atom. The van der Waals surface area contributed by atoms with Gasteiger partial charge in [-0.25, -0.2) is 4.98 Å². The van der Waals surface area contributed by atoms with Gasteiger partial charge in [0.15, 0.2) is 5.76 Å². The number of carbonyl (C=O) groups excluding carboxylic acids is 2. The number of amides is 2. The summed E-state index contributed by atoms with van der Waals surface area (Å²) in [6.45, 7) is 0.336. The number of rotatable bonds is 7. The number of nitro benzene ring substituents is 1.